The minimum atomic E-state index is -0.233. The van der Waals surface area contributed by atoms with Crippen molar-refractivity contribution in [3.63, 3.8) is 0 Å². The number of nitrogens with one attached hydrogen (secondary N) is 1. The molecule has 10 heterocycles. The molecule has 9 aromatic heterocycles. The molecule has 11 rings (SSSR count). The Bertz CT molecular complexity index is 2880. The van der Waals surface area contributed by atoms with Crippen molar-refractivity contribution in [3.05, 3.63) is 133 Å². The topological polar surface area (TPSA) is 109 Å². The van der Waals surface area contributed by atoms with Crippen molar-refractivity contribution in [2.75, 3.05) is 0 Å². The zero-order valence-corrected chi connectivity index (χ0v) is 36.2. The van der Waals surface area contributed by atoms with Crippen LogP contribution in [0.3, 0.4) is 0 Å². The van der Waals surface area contributed by atoms with Crippen molar-refractivity contribution in [2.45, 2.75) is 6.42 Å². The fraction of sp³-hybridized carbons (Fsp3) is 0.0244. The van der Waals surface area contributed by atoms with Gasteiger partial charge in [-0.15, -0.1) is 102 Å². The van der Waals surface area contributed by atoms with E-state index >= 15 is 0 Å². The van der Waals surface area contributed by atoms with Crippen LogP contribution in [0.1, 0.15) is 21.1 Å². The number of aromatic nitrogens is 3. The van der Waals surface area contributed by atoms with Crippen LogP contribution in [0.15, 0.2) is 119 Å². The smallest absolute Gasteiger partial charge is 0.256 e. The third-order valence-corrected chi connectivity index (χ3v) is 18.7. The predicted molar refractivity (Wildman–Crippen MR) is 243 cm³/mol. The Morgan fingerprint density at radius 1 is 0.509 bits per heavy atom. The number of amides is 1. The number of carbonyl (C=O) groups excluding carboxylic acids is 2. The fourth-order valence-electron chi connectivity index (χ4n) is 6.26. The molecule has 0 atom stereocenters. The molecule has 0 saturated heterocycles. The summed E-state index contributed by atoms with van der Waals surface area (Å²) in [6.45, 7) is 0. The van der Waals surface area contributed by atoms with E-state index in [2.05, 4.69) is 109 Å². The van der Waals surface area contributed by atoms with Crippen molar-refractivity contribution < 1.29 is 9.59 Å². The van der Waals surface area contributed by atoms with Crippen molar-refractivity contribution >= 4 is 125 Å². The van der Waals surface area contributed by atoms with E-state index in [4.69, 9.17) is 5.26 Å². The highest BCUT2D eigenvalue weighted by molar-refractivity contribution is 7.27. The van der Waals surface area contributed by atoms with Crippen molar-refractivity contribution in [2.24, 2.45) is 0 Å². The molecule has 57 heavy (non-hydrogen) atoms. The number of ketones is 1. The molecule has 0 fully saturated rings. The number of nitriles is 1. The summed E-state index contributed by atoms with van der Waals surface area (Å²) in [5, 5.41) is 20.7. The normalized spacial score (nSPS) is 13.6. The van der Waals surface area contributed by atoms with Gasteiger partial charge < -0.3 is 5.32 Å². The van der Waals surface area contributed by atoms with Gasteiger partial charge in [0.05, 0.1) is 47.4 Å². The lowest BCUT2D eigenvalue weighted by molar-refractivity contribution is -0.116. The van der Waals surface area contributed by atoms with E-state index < -0.39 is 0 Å². The van der Waals surface area contributed by atoms with Crippen LogP contribution in [-0.2, 0) is 9.59 Å². The molecular weight excluding hydrogens is 883 g/mol. The van der Waals surface area contributed by atoms with Crippen LogP contribution in [0.4, 0.5) is 0 Å². The molecule has 7 nitrogen and oxygen atoms in total. The molecule has 2 aliphatic rings. The maximum absolute atomic E-state index is 13.3. The standard InChI is InChI=1S/C29H15N3O2S6.C12H6N2S3/c33-15-11-14(22-12-30-28(39-22)20-7-5-18(37-20)16-3-1-9-35-16)24-25(15)26(32-27(24)34)23-13-31-29(40-23)21-8-6-19(38-21)17-4-2-10-36-17;13-6-8-7-14-12(16-8)11-4-3-10(17-11)9-2-1-5-15-9/h1-10,12-13H,11H2,(H,32,34);1-5,7H. The number of nitrogens with zero attached hydrogens (tertiary/aromatic N) is 4. The van der Waals surface area contributed by atoms with Crippen LogP contribution in [0.2, 0.25) is 0 Å². The molecule has 0 unspecified atom stereocenters. The molecular formula is C41H21N5O2S9. The summed E-state index contributed by atoms with van der Waals surface area (Å²) in [5.74, 6) is -0.279. The molecule has 9 aromatic rings. The number of Topliss-reactive ketones (excluding diaryl/α,β-unsaturated/α-hetero) is 1. The number of carbonyl (C=O) groups is 2. The average molecular weight is 904 g/mol. The molecule has 0 radical (unpaired) electrons. The molecule has 276 valence electrons. The zero-order valence-electron chi connectivity index (χ0n) is 28.9. The average Bonchev–Trinajstić information content (AvgIpc) is 4.08. The van der Waals surface area contributed by atoms with E-state index in [1.54, 1.807) is 86.6 Å². The summed E-state index contributed by atoms with van der Waals surface area (Å²) in [4.78, 5) is 53.0. The van der Waals surface area contributed by atoms with Gasteiger partial charge in [-0.05, 0) is 76.3 Å². The van der Waals surface area contributed by atoms with Crippen LogP contribution >= 0.6 is 102 Å². The molecule has 1 amide bonds. The van der Waals surface area contributed by atoms with E-state index in [1.807, 2.05) is 6.07 Å². The summed E-state index contributed by atoms with van der Waals surface area (Å²) in [7, 11) is 0. The van der Waals surface area contributed by atoms with Crippen molar-refractivity contribution in [1.29, 1.82) is 5.26 Å². The number of hydrogen-bond donors (Lipinski definition) is 1. The minimum Gasteiger partial charge on any atom is -0.320 e. The first-order valence-corrected chi connectivity index (χ1v) is 24.6. The Morgan fingerprint density at radius 3 is 1.47 bits per heavy atom. The summed E-state index contributed by atoms with van der Waals surface area (Å²) in [5.41, 5.74) is 2.29. The van der Waals surface area contributed by atoms with Gasteiger partial charge in [0.2, 0.25) is 0 Å². The SMILES string of the molecule is N#Cc1cnc(-c2ccc(-c3cccs3)s2)s1.O=C1CC(c2cnc(-c3ccc(-c4cccs4)s3)s2)=C2C(=O)NC(c3cnc(-c4ccc(-c5cccs5)s4)s3)=C12. The number of allylic oxidation sites excluding steroid dienone is 1. The quantitative estimate of drug-likeness (QED) is 0.163. The van der Waals surface area contributed by atoms with E-state index in [9.17, 15) is 9.59 Å². The molecule has 1 aliphatic heterocycles. The Labute approximate surface area is 361 Å². The monoisotopic (exact) mass is 903 g/mol. The highest BCUT2D eigenvalue weighted by Crippen LogP contribution is 2.47. The van der Waals surface area contributed by atoms with Gasteiger partial charge in [-0.1, -0.05) is 18.2 Å². The van der Waals surface area contributed by atoms with Gasteiger partial charge in [0.1, 0.15) is 26.0 Å². The van der Waals surface area contributed by atoms with Gasteiger partial charge in [-0.3, -0.25) is 9.59 Å². The molecule has 1 aliphatic carbocycles. The molecule has 0 spiro atoms. The highest BCUT2D eigenvalue weighted by atomic mass is 32.1. The number of thiazole rings is 3. The van der Waals surface area contributed by atoms with E-state index in [1.165, 1.54) is 63.3 Å². The third kappa shape index (κ3) is 7.09. The van der Waals surface area contributed by atoms with Gasteiger partial charge in [-0.25, -0.2) is 15.0 Å². The van der Waals surface area contributed by atoms with Crippen LogP contribution in [-0.4, -0.2) is 26.6 Å². The maximum Gasteiger partial charge on any atom is 0.256 e. The van der Waals surface area contributed by atoms with Gasteiger partial charge >= 0.3 is 0 Å². The highest BCUT2D eigenvalue weighted by Gasteiger charge is 2.41. The summed E-state index contributed by atoms with van der Waals surface area (Å²) < 4.78 is 0. The fourth-order valence-corrected chi connectivity index (χ4v) is 14.6. The maximum atomic E-state index is 13.3. The van der Waals surface area contributed by atoms with Gasteiger partial charge in [-0.2, -0.15) is 5.26 Å². The minimum absolute atomic E-state index is 0.0459. The molecule has 0 bridgehead atoms. The second kappa shape index (κ2) is 15.5. The first kappa shape index (κ1) is 36.5. The lowest BCUT2D eigenvalue weighted by Gasteiger charge is -2.01. The summed E-state index contributed by atoms with van der Waals surface area (Å²) in [6, 6.07) is 27.2. The van der Waals surface area contributed by atoms with E-state index in [-0.39, 0.29) is 18.1 Å². The van der Waals surface area contributed by atoms with Gasteiger partial charge in [0, 0.05) is 48.1 Å². The summed E-state index contributed by atoms with van der Waals surface area (Å²) in [6.07, 6.45) is 5.38. The molecule has 0 saturated carbocycles. The van der Waals surface area contributed by atoms with E-state index in [0.29, 0.717) is 21.7 Å². The largest absolute Gasteiger partial charge is 0.320 e. The number of rotatable bonds is 8. The van der Waals surface area contributed by atoms with Crippen LogP contribution in [0.5, 0.6) is 0 Å². The second-order valence-corrected chi connectivity index (χ2v) is 21.5. The zero-order chi connectivity index (χ0) is 38.5. The number of thiophene rings is 6. The summed E-state index contributed by atoms with van der Waals surface area (Å²) >= 11 is 14.7. The van der Waals surface area contributed by atoms with Crippen LogP contribution in [0, 0.1) is 11.3 Å². The first-order chi connectivity index (χ1) is 28.0. The van der Waals surface area contributed by atoms with Crippen LogP contribution < -0.4 is 5.32 Å². The number of hydrogen-bond acceptors (Lipinski definition) is 15. The van der Waals surface area contributed by atoms with Crippen LogP contribution in [0.25, 0.3) is 70.2 Å². The predicted octanol–water partition coefficient (Wildman–Crippen LogP) is 13.3. The Hall–Kier alpha value is -4.80. The van der Waals surface area contributed by atoms with Crippen molar-refractivity contribution in [1.82, 2.24) is 20.3 Å². The Kier molecular flexibility index (Phi) is 9.94. The Morgan fingerprint density at radius 2 is 0.982 bits per heavy atom. The van der Waals surface area contributed by atoms with Crippen molar-refractivity contribution in [3.8, 4) is 65.0 Å². The molecule has 1 N–H and O–H groups in total. The molecule has 0 aromatic carbocycles. The van der Waals surface area contributed by atoms with Gasteiger partial charge in [0.25, 0.3) is 5.91 Å². The third-order valence-electron chi connectivity index (χ3n) is 8.80. The number of fused-ring (bicyclic) bond motifs is 1. The van der Waals surface area contributed by atoms with E-state index in [0.717, 1.165) is 45.0 Å². The van der Waals surface area contributed by atoms with Gasteiger partial charge in [0.15, 0.2) is 5.78 Å². The molecule has 16 heteroatoms. The second-order valence-electron chi connectivity index (χ2n) is 12.3. The Balaban J connectivity index is 0.000000194. The lowest BCUT2D eigenvalue weighted by Crippen LogP contribution is -2.16. The first-order valence-electron chi connectivity index (χ1n) is 17.0. The lowest BCUT2D eigenvalue weighted by atomic mass is 10.1.